The standard InChI is InChI=1S/C12H15NO5S/c1-2-13(8-3-4-8)19(17,18)9-5-6-11(14)10(7-9)12(15)16/h5-8,14H,2-4H2,1H3,(H,15,16). The minimum atomic E-state index is -3.70. The topological polar surface area (TPSA) is 94.9 Å². The molecular weight excluding hydrogens is 270 g/mol. The van der Waals surface area contributed by atoms with E-state index in [-0.39, 0.29) is 10.9 Å². The smallest absolute Gasteiger partial charge is 0.339 e. The van der Waals surface area contributed by atoms with Gasteiger partial charge in [-0.1, -0.05) is 6.92 Å². The lowest BCUT2D eigenvalue weighted by Crippen LogP contribution is -2.33. The molecule has 104 valence electrons. The Bertz CT molecular complexity index is 607. The number of nitrogens with zero attached hydrogens (tertiary/aromatic N) is 1. The molecule has 0 amide bonds. The molecule has 1 saturated carbocycles. The normalized spacial score (nSPS) is 15.7. The van der Waals surface area contributed by atoms with E-state index in [9.17, 15) is 18.3 Å². The van der Waals surface area contributed by atoms with Crippen molar-refractivity contribution in [2.75, 3.05) is 6.54 Å². The minimum Gasteiger partial charge on any atom is -0.507 e. The number of aromatic hydroxyl groups is 1. The van der Waals surface area contributed by atoms with Crippen molar-refractivity contribution in [2.45, 2.75) is 30.7 Å². The maximum Gasteiger partial charge on any atom is 0.339 e. The van der Waals surface area contributed by atoms with E-state index in [1.54, 1.807) is 6.92 Å². The first-order valence-corrected chi connectivity index (χ1v) is 7.40. The van der Waals surface area contributed by atoms with Crippen molar-refractivity contribution in [3.63, 3.8) is 0 Å². The summed E-state index contributed by atoms with van der Waals surface area (Å²) in [5.41, 5.74) is -0.409. The van der Waals surface area contributed by atoms with Gasteiger partial charge < -0.3 is 10.2 Å². The van der Waals surface area contributed by atoms with Crippen LogP contribution in [-0.2, 0) is 10.0 Å². The minimum absolute atomic E-state index is 0.0112. The summed E-state index contributed by atoms with van der Waals surface area (Å²) < 4.78 is 26.1. The highest BCUT2D eigenvalue weighted by Crippen LogP contribution is 2.32. The van der Waals surface area contributed by atoms with Crippen molar-refractivity contribution in [1.29, 1.82) is 0 Å². The highest BCUT2D eigenvalue weighted by Gasteiger charge is 2.37. The van der Waals surface area contributed by atoms with Gasteiger partial charge >= 0.3 is 5.97 Å². The summed E-state index contributed by atoms with van der Waals surface area (Å²) in [5, 5.41) is 18.3. The van der Waals surface area contributed by atoms with E-state index in [0.29, 0.717) is 6.54 Å². The van der Waals surface area contributed by atoms with Crippen LogP contribution in [0.15, 0.2) is 23.1 Å². The number of sulfonamides is 1. The number of rotatable bonds is 5. The lowest BCUT2D eigenvalue weighted by molar-refractivity contribution is 0.0693. The van der Waals surface area contributed by atoms with Gasteiger partial charge in [-0.15, -0.1) is 0 Å². The van der Waals surface area contributed by atoms with E-state index in [1.165, 1.54) is 10.4 Å². The van der Waals surface area contributed by atoms with Gasteiger partial charge in [-0.2, -0.15) is 4.31 Å². The molecule has 1 fully saturated rings. The van der Waals surface area contributed by atoms with Crippen LogP contribution in [0.25, 0.3) is 0 Å². The van der Waals surface area contributed by atoms with E-state index in [4.69, 9.17) is 5.11 Å². The monoisotopic (exact) mass is 285 g/mol. The van der Waals surface area contributed by atoms with Gasteiger partial charge in [0.15, 0.2) is 0 Å². The van der Waals surface area contributed by atoms with Gasteiger partial charge in [0.25, 0.3) is 0 Å². The van der Waals surface area contributed by atoms with Crippen LogP contribution in [-0.4, -0.2) is 41.5 Å². The number of hydrogen-bond donors (Lipinski definition) is 2. The van der Waals surface area contributed by atoms with Gasteiger partial charge in [-0.3, -0.25) is 0 Å². The summed E-state index contributed by atoms with van der Waals surface area (Å²) in [4.78, 5) is 10.8. The van der Waals surface area contributed by atoms with Crippen LogP contribution in [0, 0.1) is 0 Å². The van der Waals surface area contributed by atoms with Crippen LogP contribution in [0.2, 0.25) is 0 Å². The molecule has 0 aliphatic heterocycles. The molecule has 6 nitrogen and oxygen atoms in total. The van der Waals surface area contributed by atoms with Gasteiger partial charge in [-0.05, 0) is 31.0 Å². The Morgan fingerprint density at radius 2 is 2.05 bits per heavy atom. The summed E-state index contributed by atoms with van der Waals surface area (Å²) in [6.45, 7) is 2.09. The Kier molecular flexibility index (Phi) is 3.51. The second kappa shape index (κ2) is 4.82. The van der Waals surface area contributed by atoms with E-state index < -0.39 is 27.3 Å². The molecule has 1 aromatic carbocycles. The van der Waals surface area contributed by atoms with Gasteiger partial charge in [0.2, 0.25) is 10.0 Å². The molecule has 2 rings (SSSR count). The molecule has 7 heteroatoms. The number of carboxylic acids is 1. The summed E-state index contributed by atoms with van der Waals surface area (Å²) in [5.74, 6) is -1.80. The third kappa shape index (κ3) is 2.57. The van der Waals surface area contributed by atoms with E-state index in [1.807, 2.05) is 0 Å². The summed E-state index contributed by atoms with van der Waals surface area (Å²) in [6.07, 6.45) is 1.66. The van der Waals surface area contributed by atoms with Crippen molar-refractivity contribution in [2.24, 2.45) is 0 Å². The molecule has 0 heterocycles. The van der Waals surface area contributed by atoms with Gasteiger partial charge in [0.05, 0.1) is 4.90 Å². The predicted molar refractivity (Wildman–Crippen MR) is 67.7 cm³/mol. The van der Waals surface area contributed by atoms with Crippen LogP contribution >= 0.6 is 0 Å². The summed E-state index contributed by atoms with van der Waals surface area (Å²) in [6, 6.07) is 3.33. The van der Waals surface area contributed by atoms with E-state index in [0.717, 1.165) is 25.0 Å². The first-order valence-electron chi connectivity index (χ1n) is 5.96. The van der Waals surface area contributed by atoms with E-state index >= 15 is 0 Å². The average molecular weight is 285 g/mol. The number of carboxylic acid groups (broad SMARTS) is 1. The summed E-state index contributed by atoms with van der Waals surface area (Å²) in [7, 11) is -3.70. The Morgan fingerprint density at radius 3 is 2.53 bits per heavy atom. The van der Waals surface area contributed by atoms with E-state index in [2.05, 4.69) is 0 Å². The SMILES string of the molecule is CCN(C1CC1)S(=O)(=O)c1ccc(O)c(C(=O)O)c1. The lowest BCUT2D eigenvalue weighted by atomic mass is 10.2. The lowest BCUT2D eigenvalue weighted by Gasteiger charge is -2.20. The number of aromatic carboxylic acids is 1. The zero-order valence-corrected chi connectivity index (χ0v) is 11.2. The quantitative estimate of drug-likeness (QED) is 0.849. The van der Waals surface area contributed by atoms with Crippen LogP contribution in [0.4, 0.5) is 0 Å². The number of hydrogen-bond acceptors (Lipinski definition) is 4. The zero-order chi connectivity index (χ0) is 14.2. The van der Waals surface area contributed by atoms with Crippen LogP contribution in [0.3, 0.4) is 0 Å². The molecule has 0 bridgehead atoms. The fourth-order valence-electron chi connectivity index (χ4n) is 1.97. The highest BCUT2D eigenvalue weighted by atomic mass is 32.2. The van der Waals surface area contributed by atoms with Gasteiger partial charge in [-0.25, -0.2) is 13.2 Å². The fourth-order valence-corrected chi connectivity index (χ4v) is 3.69. The second-order valence-corrected chi connectivity index (χ2v) is 6.31. The van der Waals surface area contributed by atoms with Crippen LogP contribution in [0.1, 0.15) is 30.1 Å². The van der Waals surface area contributed by atoms with Crippen LogP contribution in [0.5, 0.6) is 5.75 Å². The second-order valence-electron chi connectivity index (χ2n) is 4.42. The molecule has 0 radical (unpaired) electrons. The molecule has 0 saturated heterocycles. The Morgan fingerprint density at radius 1 is 1.42 bits per heavy atom. The first-order chi connectivity index (χ1) is 8.87. The zero-order valence-electron chi connectivity index (χ0n) is 10.4. The third-order valence-electron chi connectivity index (χ3n) is 3.07. The molecule has 19 heavy (non-hydrogen) atoms. The Labute approximate surface area is 111 Å². The largest absolute Gasteiger partial charge is 0.507 e. The third-order valence-corrected chi connectivity index (χ3v) is 5.09. The Balaban J connectivity index is 2.45. The molecule has 0 aromatic heterocycles. The molecule has 1 aliphatic rings. The average Bonchev–Trinajstić information content (AvgIpc) is 3.14. The predicted octanol–water partition coefficient (Wildman–Crippen LogP) is 1.26. The fraction of sp³-hybridized carbons (Fsp3) is 0.417. The molecule has 0 spiro atoms. The molecular formula is C12H15NO5S. The maximum absolute atomic E-state index is 12.4. The van der Waals surface area contributed by atoms with Crippen molar-refractivity contribution in [1.82, 2.24) is 4.31 Å². The number of benzene rings is 1. The number of phenols is 1. The first kappa shape index (κ1) is 13.8. The van der Waals surface area contributed by atoms with Crippen LogP contribution < -0.4 is 0 Å². The van der Waals surface area contributed by atoms with Gasteiger partial charge in [0, 0.05) is 12.6 Å². The van der Waals surface area contributed by atoms with Crippen molar-refractivity contribution in [3.8, 4) is 5.75 Å². The maximum atomic E-state index is 12.4. The summed E-state index contributed by atoms with van der Waals surface area (Å²) >= 11 is 0. The molecule has 0 atom stereocenters. The highest BCUT2D eigenvalue weighted by molar-refractivity contribution is 7.89. The molecule has 2 N–H and O–H groups in total. The molecule has 1 aromatic rings. The Hall–Kier alpha value is -1.60. The van der Waals surface area contributed by atoms with Crippen molar-refractivity contribution >= 4 is 16.0 Å². The van der Waals surface area contributed by atoms with Crippen molar-refractivity contribution < 1.29 is 23.4 Å². The molecule has 1 aliphatic carbocycles. The number of carbonyl (C=O) groups is 1. The molecule has 0 unspecified atom stereocenters. The van der Waals surface area contributed by atoms with Crippen molar-refractivity contribution in [3.05, 3.63) is 23.8 Å². The van der Waals surface area contributed by atoms with Gasteiger partial charge in [0.1, 0.15) is 11.3 Å².